The lowest BCUT2D eigenvalue weighted by molar-refractivity contribution is 0.669. The molecule has 9 aromatic carbocycles. The molecule has 0 atom stereocenters. The summed E-state index contributed by atoms with van der Waals surface area (Å²) in [7, 11) is 0. The molecule has 0 aliphatic carbocycles. The Balaban J connectivity index is 1.29. The van der Waals surface area contributed by atoms with Crippen molar-refractivity contribution in [1.82, 2.24) is 0 Å². The Bertz CT molecular complexity index is 3430. The lowest BCUT2D eigenvalue weighted by Crippen LogP contribution is -1.91. The molecule has 49 heavy (non-hydrogen) atoms. The fourth-order valence-electron chi connectivity index (χ4n) is 7.05. The Morgan fingerprint density at radius 3 is 1.59 bits per heavy atom. The van der Waals surface area contributed by atoms with Gasteiger partial charge in [0.25, 0.3) is 0 Å². The van der Waals surface area contributed by atoms with Crippen LogP contribution in [0.3, 0.4) is 0 Å². The van der Waals surface area contributed by atoms with Crippen LogP contribution < -0.4 is 0 Å². The maximum Gasteiger partial charge on any atom is 0.135 e. The molecule has 0 spiro atoms. The summed E-state index contributed by atoms with van der Waals surface area (Å²) in [5, 5.41) is 5.23. The van der Waals surface area contributed by atoms with E-state index >= 15 is 0 Å². The zero-order valence-electron chi connectivity index (χ0n) is 36.9. The molecule has 0 N–H and O–H groups in total. The number of furan rings is 1. The summed E-state index contributed by atoms with van der Waals surface area (Å²) in [6.45, 7) is 0. The fourth-order valence-corrected chi connectivity index (χ4v) is 7.05. The van der Waals surface area contributed by atoms with Gasteiger partial charge in [0.1, 0.15) is 11.2 Å². The van der Waals surface area contributed by atoms with Crippen molar-refractivity contribution < 1.29 is 19.5 Å². The minimum atomic E-state index is -0.660. The highest BCUT2D eigenvalue weighted by atomic mass is 16.3. The van der Waals surface area contributed by atoms with Crippen LogP contribution in [0.2, 0.25) is 0 Å². The first-order valence-electron chi connectivity index (χ1n) is 21.5. The molecule has 0 bridgehead atoms. The smallest absolute Gasteiger partial charge is 0.135 e. The van der Waals surface area contributed by atoms with Crippen LogP contribution in [0.4, 0.5) is 0 Å². The summed E-state index contributed by atoms with van der Waals surface area (Å²) in [6, 6.07) is 32.6. The van der Waals surface area contributed by atoms with Crippen LogP contribution in [0.1, 0.15) is 15.1 Å². The van der Waals surface area contributed by atoms with Gasteiger partial charge in [0.2, 0.25) is 0 Å². The van der Waals surface area contributed by atoms with Crippen molar-refractivity contribution in [2.24, 2.45) is 0 Å². The van der Waals surface area contributed by atoms with Gasteiger partial charge in [-0.1, -0.05) is 151 Å². The second kappa shape index (κ2) is 11.1. The van der Waals surface area contributed by atoms with E-state index in [-0.39, 0.29) is 51.2 Å². The molecule has 0 aliphatic heterocycles. The maximum atomic E-state index is 9.83. The molecule has 0 radical (unpaired) electrons. The molecule has 228 valence electrons. The summed E-state index contributed by atoms with van der Waals surface area (Å²) in [5.41, 5.74) is 3.36. The van der Waals surface area contributed by atoms with Gasteiger partial charge in [0, 0.05) is 10.8 Å². The van der Waals surface area contributed by atoms with Crippen LogP contribution in [-0.2, 0) is 0 Å². The third-order valence-corrected chi connectivity index (χ3v) is 9.19. The second-order valence-corrected chi connectivity index (χ2v) is 12.0. The topological polar surface area (TPSA) is 13.1 Å². The van der Waals surface area contributed by atoms with E-state index < -0.39 is 53.9 Å². The summed E-state index contributed by atoms with van der Waals surface area (Å²) < 4.78 is 104. The lowest BCUT2D eigenvalue weighted by Gasteiger charge is -2.18. The lowest BCUT2D eigenvalue weighted by atomic mass is 9.85. The van der Waals surface area contributed by atoms with Crippen molar-refractivity contribution in [2.75, 3.05) is 0 Å². The molecule has 0 saturated heterocycles. The van der Waals surface area contributed by atoms with E-state index in [1.807, 2.05) is 66.7 Å². The van der Waals surface area contributed by atoms with E-state index in [4.69, 9.17) is 14.0 Å². The monoisotopic (exact) mass is 633 g/mol. The second-order valence-electron chi connectivity index (χ2n) is 12.0. The molecule has 1 heteroatoms. The third-order valence-electron chi connectivity index (χ3n) is 9.19. The minimum Gasteiger partial charge on any atom is -0.456 e. The van der Waals surface area contributed by atoms with Gasteiger partial charge < -0.3 is 4.42 Å². The Morgan fingerprint density at radius 1 is 0.367 bits per heavy atom. The molecule has 10 aromatic rings. The molecule has 0 aliphatic rings. The average Bonchev–Trinajstić information content (AvgIpc) is 3.69. The Morgan fingerprint density at radius 2 is 0.898 bits per heavy atom. The van der Waals surface area contributed by atoms with E-state index in [0.29, 0.717) is 5.56 Å². The summed E-state index contributed by atoms with van der Waals surface area (Å²) in [6.07, 6.45) is 0. The molecule has 1 nitrogen and oxygen atoms in total. The van der Waals surface area contributed by atoms with Crippen molar-refractivity contribution in [2.45, 2.75) is 0 Å². The normalized spacial score (nSPS) is 14.8. The van der Waals surface area contributed by atoms with Crippen molar-refractivity contribution in [3.05, 3.63) is 182 Å². The molecule has 0 saturated carbocycles. The van der Waals surface area contributed by atoms with Crippen molar-refractivity contribution in [3.8, 4) is 44.5 Å². The average molecular weight is 634 g/mol. The largest absolute Gasteiger partial charge is 0.456 e. The summed E-state index contributed by atoms with van der Waals surface area (Å²) >= 11 is 0. The molecule has 0 fully saturated rings. The third kappa shape index (κ3) is 4.47. The molecule has 1 aromatic heterocycles. The number of hydrogen-bond donors (Lipinski definition) is 0. The zero-order valence-corrected chi connectivity index (χ0v) is 25.9. The van der Waals surface area contributed by atoms with Gasteiger partial charge in [-0.3, -0.25) is 0 Å². The number of benzene rings is 9. The highest BCUT2D eigenvalue weighted by Crippen LogP contribution is 2.45. The van der Waals surface area contributed by atoms with Crippen LogP contribution in [-0.4, -0.2) is 0 Å². The first-order chi connectivity index (χ1) is 28.9. The van der Waals surface area contributed by atoms with Gasteiger partial charge in [0.05, 0.1) is 15.1 Å². The van der Waals surface area contributed by atoms with Crippen LogP contribution in [0.15, 0.2) is 186 Å². The van der Waals surface area contributed by atoms with Gasteiger partial charge in [-0.05, 0) is 107 Å². The van der Waals surface area contributed by atoms with E-state index in [2.05, 4.69) is 48.5 Å². The predicted molar refractivity (Wildman–Crippen MR) is 208 cm³/mol. The van der Waals surface area contributed by atoms with Crippen molar-refractivity contribution >= 4 is 54.3 Å². The SMILES string of the molecule is [2H]c1c([2H])c([2H])c(-c2c([2H])c([2H])c3oc4c([2H])c([2H])c(-c5c6ccccc6c(-c6cccc(-c7cccc8ccccc78)c6)c6ccccc56)c([2H])c4c3c2[2H])c([2H])c1[2H]. The Labute approximate surface area is 299 Å². The summed E-state index contributed by atoms with van der Waals surface area (Å²) in [4.78, 5) is 0. The van der Waals surface area contributed by atoms with Gasteiger partial charge >= 0.3 is 0 Å². The summed E-state index contributed by atoms with van der Waals surface area (Å²) in [5.74, 6) is 0. The maximum absolute atomic E-state index is 9.83. The van der Waals surface area contributed by atoms with Crippen LogP contribution in [0.25, 0.3) is 98.8 Å². The van der Waals surface area contributed by atoms with E-state index in [0.717, 1.165) is 54.6 Å². The zero-order chi connectivity index (χ0) is 41.9. The minimum absolute atomic E-state index is 0.0480. The van der Waals surface area contributed by atoms with Gasteiger partial charge in [-0.25, -0.2) is 0 Å². The van der Waals surface area contributed by atoms with E-state index in [1.165, 1.54) is 0 Å². The van der Waals surface area contributed by atoms with E-state index in [9.17, 15) is 5.48 Å². The predicted octanol–water partition coefficient (Wildman–Crippen LogP) is 13.7. The first kappa shape index (κ1) is 18.8. The standard InChI is InChI=1S/C48H30O/c1-2-12-31(13-3-1)33-24-26-45-43(29-33)44-30-36(25-27-46(44)49-45)48-41-21-8-6-19-39(41)47(40-20-7-9-22-42(40)48)35-17-10-16-34(28-35)38-23-11-15-32-14-4-5-18-37(32)38/h1-30H/i1D,2D,3D,12D,13D,24D,25D,26D,27D,29D,30D. The van der Waals surface area contributed by atoms with E-state index in [1.54, 1.807) is 0 Å². The van der Waals surface area contributed by atoms with Crippen LogP contribution in [0.5, 0.6) is 0 Å². The van der Waals surface area contributed by atoms with Crippen molar-refractivity contribution in [3.63, 3.8) is 0 Å². The molecular formula is C48H30O. The van der Waals surface area contributed by atoms with Crippen LogP contribution >= 0.6 is 0 Å². The molecule has 10 rings (SSSR count). The quantitative estimate of drug-likeness (QED) is 0.176. The number of hydrogen-bond acceptors (Lipinski definition) is 1. The Hall–Kier alpha value is -6.44. The van der Waals surface area contributed by atoms with Crippen LogP contribution in [0, 0.1) is 0 Å². The number of rotatable bonds is 4. The highest BCUT2D eigenvalue weighted by Gasteiger charge is 2.18. The van der Waals surface area contributed by atoms with Gasteiger partial charge in [0.15, 0.2) is 0 Å². The molecule has 0 unspecified atom stereocenters. The number of fused-ring (bicyclic) bond motifs is 6. The fraction of sp³-hybridized carbons (Fsp3) is 0. The molecule has 1 heterocycles. The Kier molecular flexibility index (Phi) is 4.25. The van der Waals surface area contributed by atoms with Crippen molar-refractivity contribution in [1.29, 1.82) is 0 Å². The highest BCUT2D eigenvalue weighted by molar-refractivity contribution is 6.22. The van der Waals surface area contributed by atoms with Gasteiger partial charge in [-0.15, -0.1) is 0 Å². The van der Waals surface area contributed by atoms with Gasteiger partial charge in [-0.2, -0.15) is 0 Å². The molecule has 0 amide bonds. The first-order valence-corrected chi connectivity index (χ1v) is 16.0. The molecular weight excluding hydrogens is 593 g/mol.